The summed E-state index contributed by atoms with van der Waals surface area (Å²) in [5, 5.41) is 12.7. The molecule has 3 N–H and O–H groups in total. The first-order chi connectivity index (χ1) is 9.22. The third-order valence-corrected chi connectivity index (χ3v) is 2.80. The number of aromatic amines is 1. The fourth-order valence-corrected chi connectivity index (χ4v) is 1.78. The third-order valence-electron chi connectivity index (χ3n) is 2.80. The average molecular weight is 259 g/mol. The number of aromatic nitrogens is 3. The van der Waals surface area contributed by atoms with Crippen LogP contribution in [-0.2, 0) is 0 Å². The number of anilines is 1. The highest BCUT2D eigenvalue weighted by Gasteiger charge is 2.15. The average Bonchev–Trinajstić information content (AvgIpc) is 2.93. The van der Waals surface area contributed by atoms with E-state index in [1.807, 2.05) is 13.8 Å². The molecule has 100 valence electrons. The SMILES string of the molecule is CCNc1ccncc1C(=O)NC(C)c1cn[nH]c1. The lowest BCUT2D eigenvalue weighted by Gasteiger charge is -2.14. The molecular formula is C13H17N5O. The van der Waals surface area contributed by atoms with Gasteiger partial charge in [0.1, 0.15) is 0 Å². The van der Waals surface area contributed by atoms with Crippen molar-refractivity contribution in [2.75, 3.05) is 11.9 Å². The van der Waals surface area contributed by atoms with Crippen molar-refractivity contribution in [2.24, 2.45) is 0 Å². The minimum Gasteiger partial charge on any atom is -0.385 e. The molecule has 0 aromatic carbocycles. The van der Waals surface area contributed by atoms with Crippen molar-refractivity contribution >= 4 is 11.6 Å². The minimum atomic E-state index is -0.155. The molecule has 1 unspecified atom stereocenters. The molecule has 1 amide bonds. The first kappa shape index (κ1) is 13.1. The van der Waals surface area contributed by atoms with Gasteiger partial charge in [-0.05, 0) is 19.9 Å². The molecule has 2 heterocycles. The fraction of sp³-hybridized carbons (Fsp3) is 0.308. The van der Waals surface area contributed by atoms with Crippen molar-refractivity contribution in [3.63, 3.8) is 0 Å². The molecule has 0 saturated carbocycles. The Hall–Kier alpha value is -2.37. The number of carbonyl (C=O) groups is 1. The van der Waals surface area contributed by atoms with Crippen LogP contribution in [0.1, 0.15) is 35.8 Å². The molecule has 1 atom stereocenters. The van der Waals surface area contributed by atoms with E-state index in [-0.39, 0.29) is 11.9 Å². The standard InChI is InChI=1S/C13H17N5O/c1-3-15-12-4-5-14-8-11(12)13(19)18-9(2)10-6-16-17-7-10/h4-9H,3H2,1-2H3,(H,14,15)(H,16,17)(H,18,19). The highest BCUT2D eigenvalue weighted by atomic mass is 16.1. The molecule has 19 heavy (non-hydrogen) atoms. The van der Waals surface area contributed by atoms with E-state index in [9.17, 15) is 4.79 Å². The van der Waals surface area contributed by atoms with Gasteiger partial charge in [-0.1, -0.05) is 0 Å². The maximum absolute atomic E-state index is 12.2. The fourth-order valence-electron chi connectivity index (χ4n) is 1.78. The van der Waals surface area contributed by atoms with Gasteiger partial charge in [0, 0.05) is 30.7 Å². The van der Waals surface area contributed by atoms with Crippen molar-refractivity contribution in [1.29, 1.82) is 0 Å². The molecule has 0 bridgehead atoms. The van der Waals surface area contributed by atoms with Gasteiger partial charge in [0.05, 0.1) is 23.5 Å². The summed E-state index contributed by atoms with van der Waals surface area (Å²) in [7, 11) is 0. The second kappa shape index (κ2) is 5.99. The first-order valence-corrected chi connectivity index (χ1v) is 6.19. The first-order valence-electron chi connectivity index (χ1n) is 6.19. The Kier molecular flexibility index (Phi) is 4.12. The Labute approximate surface area is 111 Å². The lowest BCUT2D eigenvalue weighted by atomic mass is 10.1. The third kappa shape index (κ3) is 3.09. The molecule has 0 fully saturated rings. The summed E-state index contributed by atoms with van der Waals surface area (Å²) in [6.45, 7) is 4.64. The summed E-state index contributed by atoms with van der Waals surface area (Å²) in [5.41, 5.74) is 2.26. The topological polar surface area (TPSA) is 82.7 Å². The quantitative estimate of drug-likeness (QED) is 0.763. The van der Waals surface area contributed by atoms with Gasteiger partial charge >= 0.3 is 0 Å². The van der Waals surface area contributed by atoms with Gasteiger partial charge in [0.25, 0.3) is 5.91 Å². The van der Waals surface area contributed by atoms with E-state index in [0.29, 0.717) is 5.56 Å². The van der Waals surface area contributed by atoms with Crippen LogP contribution in [0.2, 0.25) is 0 Å². The van der Waals surface area contributed by atoms with Crippen LogP contribution in [0, 0.1) is 0 Å². The van der Waals surface area contributed by atoms with Crippen LogP contribution in [0.3, 0.4) is 0 Å². The largest absolute Gasteiger partial charge is 0.385 e. The van der Waals surface area contributed by atoms with Gasteiger partial charge in [-0.25, -0.2) is 0 Å². The van der Waals surface area contributed by atoms with E-state index in [2.05, 4.69) is 25.8 Å². The van der Waals surface area contributed by atoms with Gasteiger partial charge in [0.15, 0.2) is 0 Å². The van der Waals surface area contributed by atoms with E-state index >= 15 is 0 Å². The Morgan fingerprint density at radius 1 is 1.47 bits per heavy atom. The molecule has 2 rings (SSSR count). The number of hydrogen-bond acceptors (Lipinski definition) is 4. The highest BCUT2D eigenvalue weighted by Crippen LogP contribution is 2.16. The zero-order valence-corrected chi connectivity index (χ0v) is 11.0. The molecule has 0 radical (unpaired) electrons. The summed E-state index contributed by atoms with van der Waals surface area (Å²) in [5.74, 6) is -0.155. The van der Waals surface area contributed by atoms with Crippen molar-refractivity contribution < 1.29 is 4.79 Å². The van der Waals surface area contributed by atoms with Crippen molar-refractivity contribution in [2.45, 2.75) is 19.9 Å². The van der Waals surface area contributed by atoms with Crippen LogP contribution >= 0.6 is 0 Å². The minimum absolute atomic E-state index is 0.110. The number of H-pyrrole nitrogens is 1. The molecule has 2 aromatic heterocycles. The summed E-state index contributed by atoms with van der Waals surface area (Å²) >= 11 is 0. The zero-order valence-electron chi connectivity index (χ0n) is 11.0. The van der Waals surface area contributed by atoms with E-state index in [0.717, 1.165) is 17.8 Å². The molecule has 0 aliphatic heterocycles. The lowest BCUT2D eigenvalue weighted by molar-refractivity contribution is 0.0940. The Bertz CT molecular complexity index is 538. The van der Waals surface area contributed by atoms with Crippen molar-refractivity contribution in [3.05, 3.63) is 42.0 Å². The molecule has 0 aliphatic rings. The molecule has 6 nitrogen and oxygen atoms in total. The molecule has 0 aliphatic carbocycles. The number of hydrogen-bond donors (Lipinski definition) is 3. The monoisotopic (exact) mass is 259 g/mol. The van der Waals surface area contributed by atoms with Crippen molar-refractivity contribution in [1.82, 2.24) is 20.5 Å². The predicted octanol–water partition coefficient (Wildman–Crippen LogP) is 1.73. The number of amides is 1. The molecule has 0 saturated heterocycles. The van der Waals surface area contributed by atoms with Gasteiger partial charge in [-0.15, -0.1) is 0 Å². The number of carbonyl (C=O) groups excluding carboxylic acids is 1. The van der Waals surface area contributed by atoms with Gasteiger partial charge in [-0.2, -0.15) is 5.10 Å². The van der Waals surface area contributed by atoms with Crippen LogP contribution in [0.25, 0.3) is 0 Å². The van der Waals surface area contributed by atoms with Crippen LogP contribution in [0.15, 0.2) is 30.9 Å². The van der Waals surface area contributed by atoms with E-state index in [4.69, 9.17) is 0 Å². The molecule has 0 spiro atoms. The normalized spacial score (nSPS) is 11.9. The second-order valence-corrected chi connectivity index (χ2v) is 4.18. The van der Waals surface area contributed by atoms with Crippen LogP contribution < -0.4 is 10.6 Å². The van der Waals surface area contributed by atoms with Gasteiger partial charge < -0.3 is 10.6 Å². The summed E-state index contributed by atoms with van der Waals surface area (Å²) in [4.78, 5) is 16.2. The van der Waals surface area contributed by atoms with Crippen molar-refractivity contribution in [3.8, 4) is 0 Å². The Morgan fingerprint density at radius 3 is 3.00 bits per heavy atom. The van der Waals surface area contributed by atoms with E-state index < -0.39 is 0 Å². The Balaban J connectivity index is 2.11. The summed E-state index contributed by atoms with van der Waals surface area (Å²) < 4.78 is 0. The van der Waals surface area contributed by atoms with Crippen LogP contribution in [-0.4, -0.2) is 27.6 Å². The number of nitrogens with one attached hydrogen (secondary N) is 3. The van der Waals surface area contributed by atoms with E-state index in [1.165, 1.54) is 0 Å². The molecule has 6 heteroatoms. The smallest absolute Gasteiger partial charge is 0.255 e. The lowest BCUT2D eigenvalue weighted by Crippen LogP contribution is -2.27. The Morgan fingerprint density at radius 2 is 2.32 bits per heavy atom. The maximum Gasteiger partial charge on any atom is 0.255 e. The van der Waals surface area contributed by atoms with Gasteiger partial charge in [-0.3, -0.25) is 14.9 Å². The predicted molar refractivity (Wildman–Crippen MR) is 72.9 cm³/mol. The second-order valence-electron chi connectivity index (χ2n) is 4.18. The van der Waals surface area contributed by atoms with Crippen LogP contribution in [0.4, 0.5) is 5.69 Å². The summed E-state index contributed by atoms with van der Waals surface area (Å²) in [6.07, 6.45) is 6.68. The number of nitrogens with zero attached hydrogens (tertiary/aromatic N) is 2. The maximum atomic E-state index is 12.2. The number of rotatable bonds is 5. The highest BCUT2D eigenvalue weighted by molar-refractivity contribution is 5.99. The molecular weight excluding hydrogens is 242 g/mol. The van der Waals surface area contributed by atoms with Crippen LogP contribution in [0.5, 0.6) is 0 Å². The zero-order chi connectivity index (χ0) is 13.7. The van der Waals surface area contributed by atoms with Gasteiger partial charge in [0.2, 0.25) is 0 Å². The summed E-state index contributed by atoms with van der Waals surface area (Å²) in [6, 6.07) is 1.68. The number of pyridine rings is 1. The molecule has 2 aromatic rings. The van der Waals surface area contributed by atoms with E-state index in [1.54, 1.807) is 30.9 Å².